The molecule has 102 valence electrons. The van der Waals surface area contributed by atoms with E-state index in [4.69, 9.17) is 17.3 Å². The normalized spacial score (nSPS) is 10.7. The fourth-order valence-electron chi connectivity index (χ4n) is 1.82. The van der Waals surface area contributed by atoms with Crippen LogP contribution in [0.2, 0.25) is 5.02 Å². The van der Waals surface area contributed by atoms with Crippen LogP contribution < -0.4 is 11.1 Å². The highest BCUT2D eigenvalue weighted by molar-refractivity contribution is 6.35. The van der Waals surface area contributed by atoms with Gasteiger partial charge in [0, 0.05) is 27.2 Å². The van der Waals surface area contributed by atoms with Gasteiger partial charge in [-0.2, -0.15) is 0 Å². The number of carbonyl (C=O) groups is 1. The monoisotopic (exact) mass is 281 g/mol. The molecule has 7 heteroatoms. The third-order valence-corrected chi connectivity index (χ3v) is 3.07. The minimum Gasteiger partial charge on any atom is -0.369 e. The van der Waals surface area contributed by atoms with Crippen LogP contribution in [-0.4, -0.2) is 41.1 Å². The van der Waals surface area contributed by atoms with Crippen molar-refractivity contribution >= 4 is 34.6 Å². The summed E-state index contributed by atoms with van der Waals surface area (Å²) in [4.78, 5) is 17.1. The molecule has 0 bridgehead atoms. The first-order chi connectivity index (χ1) is 9.00. The third kappa shape index (κ3) is 2.73. The molecule has 0 aliphatic rings. The summed E-state index contributed by atoms with van der Waals surface area (Å²) in [5.41, 5.74) is 7.42. The highest BCUT2D eigenvalue weighted by atomic mass is 35.5. The molecule has 0 atom stereocenters. The molecule has 0 spiro atoms. The summed E-state index contributed by atoms with van der Waals surface area (Å²) < 4.78 is 1.80. The number of imidazole rings is 1. The van der Waals surface area contributed by atoms with E-state index in [0.717, 1.165) is 11.0 Å². The second kappa shape index (κ2) is 5.36. The first kappa shape index (κ1) is 13.5. The van der Waals surface area contributed by atoms with Gasteiger partial charge < -0.3 is 20.5 Å². The molecular formula is C12H16ClN5O. The molecule has 6 nitrogen and oxygen atoms in total. The van der Waals surface area contributed by atoms with Gasteiger partial charge in [0.25, 0.3) is 0 Å². The average molecular weight is 282 g/mol. The molecule has 1 heterocycles. The van der Waals surface area contributed by atoms with Crippen molar-refractivity contribution in [3.05, 3.63) is 23.2 Å². The van der Waals surface area contributed by atoms with Crippen LogP contribution in [0.1, 0.15) is 0 Å². The van der Waals surface area contributed by atoms with Gasteiger partial charge >= 0.3 is 6.03 Å². The van der Waals surface area contributed by atoms with Gasteiger partial charge in [-0.3, -0.25) is 0 Å². The van der Waals surface area contributed by atoms with Crippen LogP contribution in [0.15, 0.2) is 18.2 Å². The van der Waals surface area contributed by atoms with E-state index in [1.165, 1.54) is 4.90 Å². The van der Waals surface area contributed by atoms with Crippen molar-refractivity contribution in [2.45, 2.75) is 6.54 Å². The van der Waals surface area contributed by atoms with E-state index < -0.39 is 0 Å². The van der Waals surface area contributed by atoms with Crippen LogP contribution in [0.25, 0.3) is 11.0 Å². The summed E-state index contributed by atoms with van der Waals surface area (Å²) in [6.07, 6.45) is 0. The molecule has 0 unspecified atom stereocenters. The summed E-state index contributed by atoms with van der Waals surface area (Å²) in [5.74, 6) is 0.391. The van der Waals surface area contributed by atoms with E-state index in [1.807, 2.05) is 12.1 Å². The molecule has 2 aromatic rings. The Morgan fingerprint density at radius 3 is 2.95 bits per heavy atom. The molecule has 0 saturated carbocycles. The molecule has 3 N–H and O–H groups in total. The van der Waals surface area contributed by atoms with E-state index >= 15 is 0 Å². The minimum atomic E-state index is -0.144. The van der Waals surface area contributed by atoms with Crippen molar-refractivity contribution in [3.8, 4) is 0 Å². The maximum Gasteiger partial charge on any atom is 0.316 e. The number of carbonyl (C=O) groups excluding carboxylic acids is 1. The predicted molar refractivity (Wildman–Crippen MR) is 76.2 cm³/mol. The van der Waals surface area contributed by atoms with Crippen LogP contribution in [0.4, 0.5) is 10.7 Å². The fourth-order valence-corrected chi connectivity index (χ4v) is 2.09. The summed E-state index contributed by atoms with van der Waals surface area (Å²) >= 11 is 6.16. The number of amides is 2. The van der Waals surface area contributed by atoms with Crippen molar-refractivity contribution in [3.63, 3.8) is 0 Å². The standard InChI is InChI=1S/C12H16ClN5O/c1-17(2)12(19)15-6-7-18-10-8(13)4-3-5-9(10)16-11(18)14/h3-5H,6-7H2,1-2H3,(H2,14,16)(H,15,19). The van der Waals surface area contributed by atoms with E-state index in [1.54, 1.807) is 24.7 Å². The Morgan fingerprint density at radius 2 is 2.26 bits per heavy atom. The molecule has 1 aromatic heterocycles. The number of nitrogens with one attached hydrogen (secondary N) is 1. The molecule has 2 rings (SSSR count). The SMILES string of the molecule is CN(C)C(=O)NCCn1c(N)nc2cccc(Cl)c21. The van der Waals surface area contributed by atoms with Gasteiger partial charge in [0.1, 0.15) is 0 Å². The number of rotatable bonds is 3. The van der Waals surface area contributed by atoms with Gasteiger partial charge in [-0.15, -0.1) is 0 Å². The molecule has 0 aliphatic carbocycles. The van der Waals surface area contributed by atoms with E-state index in [-0.39, 0.29) is 6.03 Å². The maximum atomic E-state index is 11.4. The van der Waals surface area contributed by atoms with Crippen LogP contribution in [0.5, 0.6) is 0 Å². The van der Waals surface area contributed by atoms with E-state index in [0.29, 0.717) is 24.1 Å². The van der Waals surface area contributed by atoms with Crippen LogP contribution in [0, 0.1) is 0 Å². The molecule has 0 radical (unpaired) electrons. The fraction of sp³-hybridized carbons (Fsp3) is 0.333. The number of anilines is 1. The van der Waals surface area contributed by atoms with Crippen molar-refractivity contribution < 1.29 is 4.79 Å². The van der Waals surface area contributed by atoms with Crippen LogP contribution in [-0.2, 0) is 6.54 Å². The number of nitrogen functional groups attached to an aromatic ring is 1. The van der Waals surface area contributed by atoms with Crippen molar-refractivity contribution in [1.29, 1.82) is 0 Å². The number of aromatic nitrogens is 2. The molecule has 19 heavy (non-hydrogen) atoms. The number of hydrogen-bond acceptors (Lipinski definition) is 3. The Hall–Kier alpha value is -1.95. The zero-order chi connectivity index (χ0) is 14.0. The molecule has 0 saturated heterocycles. The van der Waals surface area contributed by atoms with Gasteiger partial charge in [0.2, 0.25) is 5.95 Å². The highest BCUT2D eigenvalue weighted by Crippen LogP contribution is 2.25. The number of para-hydroxylation sites is 1. The highest BCUT2D eigenvalue weighted by Gasteiger charge is 2.11. The van der Waals surface area contributed by atoms with Gasteiger partial charge in [0.05, 0.1) is 16.1 Å². The number of nitrogens with zero attached hydrogens (tertiary/aromatic N) is 3. The third-order valence-electron chi connectivity index (χ3n) is 2.76. The lowest BCUT2D eigenvalue weighted by Gasteiger charge is -2.13. The van der Waals surface area contributed by atoms with Crippen molar-refractivity contribution in [2.24, 2.45) is 0 Å². The topological polar surface area (TPSA) is 76.2 Å². The van der Waals surface area contributed by atoms with Gasteiger partial charge in [-0.25, -0.2) is 9.78 Å². The lowest BCUT2D eigenvalue weighted by molar-refractivity contribution is 0.217. The quantitative estimate of drug-likeness (QED) is 0.896. The molecular weight excluding hydrogens is 266 g/mol. The first-order valence-electron chi connectivity index (χ1n) is 5.86. The number of fused-ring (bicyclic) bond motifs is 1. The van der Waals surface area contributed by atoms with Crippen LogP contribution in [0.3, 0.4) is 0 Å². The number of nitrogens with two attached hydrogens (primary N) is 1. The average Bonchev–Trinajstić information content (AvgIpc) is 2.67. The van der Waals surface area contributed by atoms with Crippen molar-refractivity contribution in [1.82, 2.24) is 19.8 Å². The second-order valence-electron chi connectivity index (χ2n) is 4.36. The predicted octanol–water partition coefficient (Wildman–Crippen LogP) is 1.54. The number of urea groups is 1. The molecule has 1 aromatic carbocycles. The summed E-state index contributed by atoms with van der Waals surface area (Å²) in [6.45, 7) is 0.976. The Kier molecular flexibility index (Phi) is 3.80. The molecule has 0 fully saturated rings. The second-order valence-corrected chi connectivity index (χ2v) is 4.76. The first-order valence-corrected chi connectivity index (χ1v) is 6.24. The van der Waals surface area contributed by atoms with Gasteiger partial charge in [-0.05, 0) is 12.1 Å². The smallest absolute Gasteiger partial charge is 0.316 e. The van der Waals surface area contributed by atoms with E-state index in [9.17, 15) is 4.79 Å². The number of halogens is 1. The van der Waals surface area contributed by atoms with Crippen LogP contribution >= 0.6 is 11.6 Å². The van der Waals surface area contributed by atoms with E-state index in [2.05, 4.69) is 10.3 Å². The summed E-state index contributed by atoms with van der Waals surface area (Å²) in [5, 5.41) is 3.37. The Balaban J connectivity index is 2.17. The zero-order valence-electron chi connectivity index (χ0n) is 10.9. The summed E-state index contributed by atoms with van der Waals surface area (Å²) in [6, 6.07) is 5.33. The minimum absolute atomic E-state index is 0.144. The lowest BCUT2D eigenvalue weighted by atomic mass is 10.3. The Labute approximate surface area is 116 Å². The summed E-state index contributed by atoms with van der Waals surface area (Å²) in [7, 11) is 3.38. The largest absolute Gasteiger partial charge is 0.369 e. The number of hydrogen-bond donors (Lipinski definition) is 2. The Morgan fingerprint density at radius 1 is 1.53 bits per heavy atom. The van der Waals surface area contributed by atoms with Gasteiger partial charge in [0.15, 0.2) is 0 Å². The Bertz CT molecular complexity index is 607. The lowest BCUT2D eigenvalue weighted by Crippen LogP contribution is -2.36. The number of benzene rings is 1. The maximum absolute atomic E-state index is 11.4. The molecule has 0 aliphatic heterocycles. The molecule has 2 amide bonds. The van der Waals surface area contributed by atoms with Crippen molar-refractivity contribution in [2.75, 3.05) is 26.4 Å². The zero-order valence-corrected chi connectivity index (χ0v) is 11.6. The van der Waals surface area contributed by atoms with Gasteiger partial charge in [-0.1, -0.05) is 17.7 Å².